The highest BCUT2D eigenvalue weighted by Gasteiger charge is 2.31. The van der Waals surface area contributed by atoms with Gasteiger partial charge < -0.3 is 9.55 Å². The number of H-pyrrole nitrogens is 1. The van der Waals surface area contributed by atoms with Crippen molar-refractivity contribution in [2.45, 2.75) is 39.9 Å². The van der Waals surface area contributed by atoms with E-state index in [4.69, 9.17) is 12.2 Å². The lowest BCUT2D eigenvalue weighted by Gasteiger charge is -2.23. The summed E-state index contributed by atoms with van der Waals surface area (Å²) in [6.45, 7) is 6.98. The first-order chi connectivity index (χ1) is 9.14. The van der Waals surface area contributed by atoms with Crippen molar-refractivity contribution in [3.8, 4) is 0 Å². The van der Waals surface area contributed by atoms with E-state index < -0.39 is 11.7 Å². The van der Waals surface area contributed by atoms with Crippen LogP contribution in [-0.2, 0) is 12.7 Å². The Morgan fingerprint density at radius 1 is 1.25 bits per heavy atom. The van der Waals surface area contributed by atoms with Gasteiger partial charge in [-0.25, -0.2) is 0 Å². The maximum atomic E-state index is 12.7. The van der Waals surface area contributed by atoms with Crippen molar-refractivity contribution in [1.82, 2.24) is 9.55 Å². The molecule has 0 bridgehead atoms. The largest absolute Gasteiger partial charge is 0.416 e. The average Bonchev–Trinajstić information content (AvgIpc) is 2.64. The summed E-state index contributed by atoms with van der Waals surface area (Å²) in [7, 11) is 0. The zero-order chi connectivity index (χ0) is 15.1. The van der Waals surface area contributed by atoms with Gasteiger partial charge in [-0.05, 0) is 42.3 Å². The first kappa shape index (κ1) is 15.1. The molecular weight excluding hydrogens is 285 g/mol. The number of alkyl halides is 3. The van der Waals surface area contributed by atoms with E-state index in [1.54, 1.807) is 0 Å². The van der Waals surface area contributed by atoms with E-state index in [9.17, 15) is 13.2 Å². The van der Waals surface area contributed by atoms with Crippen LogP contribution in [0.3, 0.4) is 0 Å². The normalized spacial score (nSPS) is 13.1. The molecule has 110 valence electrons. The van der Waals surface area contributed by atoms with Crippen molar-refractivity contribution in [1.29, 1.82) is 0 Å². The fourth-order valence-electron chi connectivity index (χ4n) is 2.04. The Morgan fingerprint density at radius 2 is 1.90 bits per heavy atom. The molecule has 1 N–H and O–H groups in total. The standard InChI is InChI=1S/C14H17F3N2S/c1-4-13(2,3)8-19-11-6-5-9(14(15,16)17)7-10(11)18-12(19)20/h5-7H,4,8H2,1-3H3,(H,18,20). The molecule has 0 aliphatic heterocycles. The zero-order valence-corrected chi connectivity index (χ0v) is 12.5. The van der Waals surface area contributed by atoms with Crippen LogP contribution in [0, 0.1) is 10.2 Å². The summed E-state index contributed by atoms with van der Waals surface area (Å²) in [6.07, 6.45) is -3.38. The first-order valence-electron chi connectivity index (χ1n) is 6.44. The number of nitrogens with one attached hydrogen (secondary N) is 1. The molecule has 0 aliphatic carbocycles. The van der Waals surface area contributed by atoms with E-state index in [2.05, 4.69) is 25.8 Å². The van der Waals surface area contributed by atoms with Crippen LogP contribution in [0.15, 0.2) is 18.2 Å². The van der Waals surface area contributed by atoms with Crippen molar-refractivity contribution >= 4 is 23.3 Å². The van der Waals surface area contributed by atoms with Crippen LogP contribution in [-0.4, -0.2) is 9.55 Å². The molecule has 20 heavy (non-hydrogen) atoms. The molecule has 1 aromatic heterocycles. The quantitative estimate of drug-likeness (QED) is 0.777. The summed E-state index contributed by atoms with van der Waals surface area (Å²) in [5.41, 5.74) is 0.514. The van der Waals surface area contributed by atoms with Gasteiger partial charge >= 0.3 is 6.18 Å². The molecule has 0 amide bonds. The molecule has 1 heterocycles. The van der Waals surface area contributed by atoms with E-state index in [-0.39, 0.29) is 5.41 Å². The second-order valence-electron chi connectivity index (χ2n) is 5.76. The summed E-state index contributed by atoms with van der Waals surface area (Å²) in [4.78, 5) is 2.86. The Hall–Kier alpha value is -1.30. The fraction of sp³-hybridized carbons (Fsp3) is 0.500. The van der Waals surface area contributed by atoms with Crippen LogP contribution in [0.1, 0.15) is 32.8 Å². The minimum atomic E-state index is -4.34. The Morgan fingerprint density at radius 3 is 2.45 bits per heavy atom. The molecule has 0 radical (unpaired) electrons. The van der Waals surface area contributed by atoms with E-state index in [0.29, 0.717) is 22.3 Å². The van der Waals surface area contributed by atoms with Gasteiger partial charge in [0.05, 0.1) is 16.6 Å². The number of hydrogen-bond donors (Lipinski definition) is 1. The van der Waals surface area contributed by atoms with Crippen LogP contribution in [0.5, 0.6) is 0 Å². The highest BCUT2D eigenvalue weighted by Crippen LogP contribution is 2.32. The number of imidazole rings is 1. The summed E-state index contributed by atoms with van der Waals surface area (Å²) in [6, 6.07) is 3.69. The van der Waals surface area contributed by atoms with Crippen molar-refractivity contribution < 1.29 is 13.2 Å². The number of aromatic amines is 1. The number of hydrogen-bond acceptors (Lipinski definition) is 1. The van der Waals surface area contributed by atoms with Crippen molar-refractivity contribution in [2.24, 2.45) is 5.41 Å². The number of aromatic nitrogens is 2. The Bertz CT molecular complexity index is 680. The molecule has 0 aliphatic rings. The fourth-order valence-corrected chi connectivity index (χ4v) is 2.31. The SMILES string of the molecule is CCC(C)(C)Cn1c(=S)[nH]c2cc(C(F)(F)F)ccc21. The monoisotopic (exact) mass is 302 g/mol. The van der Waals surface area contributed by atoms with Gasteiger partial charge in [0, 0.05) is 6.54 Å². The Labute approximate surface area is 120 Å². The molecule has 0 fully saturated rings. The summed E-state index contributed by atoms with van der Waals surface area (Å²) >= 11 is 5.23. The molecule has 0 spiro atoms. The third kappa shape index (κ3) is 2.90. The number of fused-ring (bicyclic) bond motifs is 1. The summed E-state index contributed by atoms with van der Waals surface area (Å²) in [5, 5.41) is 0. The third-order valence-electron chi connectivity index (χ3n) is 3.64. The Kier molecular flexibility index (Phi) is 3.71. The lowest BCUT2D eigenvalue weighted by Crippen LogP contribution is -2.18. The zero-order valence-electron chi connectivity index (χ0n) is 11.6. The third-order valence-corrected chi connectivity index (χ3v) is 3.97. The maximum Gasteiger partial charge on any atom is 0.416 e. The maximum absolute atomic E-state index is 12.7. The van der Waals surface area contributed by atoms with Gasteiger partial charge in [-0.15, -0.1) is 0 Å². The first-order valence-corrected chi connectivity index (χ1v) is 6.85. The highest BCUT2D eigenvalue weighted by atomic mass is 32.1. The highest BCUT2D eigenvalue weighted by molar-refractivity contribution is 7.71. The lowest BCUT2D eigenvalue weighted by molar-refractivity contribution is -0.137. The van der Waals surface area contributed by atoms with Gasteiger partial charge in [0.2, 0.25) is 0 Å². The number of halogens is 3. The molecule has 1 aromatic carbocycles. The molecule has 2 nitrogen and oxygen atoms in total. The number of benzene rings is 1. The van der Waals surface area contributed by atoms with Crippen molar-refractivity contribution in [3.63, 3.8) is 0 Å². The van der Waals surface area contributed by atoms with Gasteiger partial charge in [-0.3, -0.25) is 0 Å². The predicted octanol–water partition coefficient (Wildman–Crippen LogP) is 5.15. The molecule has 0 unspecified atom stereocenters. The minimum Gasteiger partial charge on any atom is -0.331 e. The van der Waals surface area contributed by atoms with Gasteiger partial charge in [0.15, 0.2) is 4.77 Å². The summed E-state index contributed by atoms with van der Waals surface area (Å²) < 4.78 is 40.4. The minimum absolute atomic E-state index is 0.0377. The van der Waals surface area contributed by atoms with Crippen molar-refractivity contribution in [3.05, 3.63) is 28.5 Å². The van der Waals surface area contributed by atoms with E-state index in [1.165, 1.54) is 6.07 Å². The predicted molar refractivity (Wildman–Crippen MR) is 76.2 cm³/mol. The molecule has 2 aromatic rings. The van der Waals surface area contributed by atoms with Crippen LogP contribution < -0.4 is 0 Å². The van der Waals surface area contributed by atoms with E-state index in [0.717, 1.165) is 18.6 Å². The molecule has 6 heteroatoms. The van der Waals surface area contributed by atoms with Crippen molar-refractivity contribution in [2.75, 3.05) is 0 Å². The lowest BCUT2D eigenvalue weighted by atomic mass is 9.90. The summed E-state index contributed by atoms with van der Waals surface area (Å²) in [5.74, 6) is 0. The topological polar surface area (TPSA) is 20.7 Å². The average molecular weight is 302 g/mol. The van der Waals surface area contributed by atoms with Gasteiger partial charge in [0.1, 0.15) is 0 Å². The molecular formula is C14H17F3N2S. The van der Waals surface area contributed by atoms with E-state index >= 15 is 0 Å². The molecule has 0 saturated carbocycles. The van der Waals surface area contributed by atoms with Crippen LogP contribution in [0.4, 0.5) is 13.2 Å². The van der Waals surface area contributed by atoms with Crippen LogP contribution >= 0.6 is 12.2 Å². The van der Waals surface area contributed by atoms with Gasteiger partial charge in [-0.2, -0.15) is 13.2 Å². The number of nitrogens with zero attached hydrogens (tertiary/aromatic N) is 1. The second kappa shape index (κ2) is 4.91. The second-order valence-corrected chi connectivity index (χ2v) is 6.15. The van der Waals surface area contributed by atoms with E-state index in [1.807, 2.05) is 4.57 Å². The number of rotatable bonds is 3. The molecule has 2 rings (SSSR count). The van der Waals surface area contributed by atoms with Gasteiger partial charge in [0.25, 0.3) is 0 Å². The molecule has 0 saturated heterocycles. The Balaban J connectivity index is 2.54. The van der Waals surface area contributed by atoms with Gasteiger partial charge in [-0.1, -0.05) is 20.8 Å². The smallest absolute Gasteiger partial charge is 0.331 e. The van der Waals surface area contributed by atoms with Crippen LogP contribution in [0.25, 0.3) is 11.0 Å². The molecule has 0 atom stereocenters. The van der Waals surface area contributed by atoms with Crippen LogP contribution in [0.2, 0.25) is 0 Å².